The maximum Gasteiger partial charge on any atom is 0.236 e. The summed E-state index contributed by atoms with van der Waals surface area (Å²) in [5.74, 6) is 0.989. The van der Waals surface area contributed by atoms with Crippen molar-refractivity contribution in [2.45, 2.75) is 32.2 Å². The Morgan fingerprint density at radius 1 is 1.32 bits per heavy atom. The lowest BCUT2D eigenvalue weighted by molar-refractivity contribution is -0.133. The fourth-order valence-corrected chi connectivity index (χ4v) is 3.00. The predicted molar refractivity (Wildman–Crippen MR) is 90.6 cm³/mol. The minimum Gasteiger partial charge on any atom is -0.439 e. The first-order valence-electron chi connectivity index (χ1n) is 8.35. The van der Waals surface area contributed by atoms with Crippen LogP contribution < -0.4 is 10.5 Å². The summed E-state index contributed by atoms with van der Waals surface area (Å²) < 4.78 is 18.7. The van der Waals surface area contributed by atoms with Gasteiger partial charge in [0.05, 0.1) is 12.6 Å². The third-order valence-corrected chi connectivity index (χ3v) is 4.18. The van der Waals surface area contributed by atoms with E-state index in [2.05, 4.69) is 9.97 Å². The first kappa shape index (κ1) is 17.3. The van der Waals surface area contributed by atoms with Gasteiger partial charge in [-0.2, -0.15) is 4.98 Å². The van der Waals surface area contributed by atoms with E-state index in [0.717, 1.165) is 25.0 Å². The Balaban J connectivity index is 1.87. The van der Waals surface area contributed by atoms with Gasteiger partial charge in [0.15, 0.2) is 5.82 Å². The van der Waals surface area contributed by atoms with E-state index in [9.17, 15) is 9.18 Å². The summed E-state index contributed by atoms with van der Waals surface area (Å²) in [6.45, 7) is 2.48. The number of piperidine rings is 1. The van der Waals surface area contributed by atoms with Crippen LogP contribution in [0.2, 0.25) is 0 Å². The van der Waals surface area contributed by atoms with Gasteiger partial charge in [-0.1, -0.05) is 0 Å². The van der Waals surface area contributed by atoms with Crippen LogP contribution in [0.3, 0.4) is 0 Å². The van der Waals surface area contributed by atoms with Crippen molar-refractivity contribution in [3.8, 4) is 11.6 Å². The summed E-state index contributed by atoms with van der Waals surface area (Å²) in [5, 5.41) is 0. The second-order valence-corrected chi connectivity index (χ2v) is 6.06. The number of hydrogen-bond donors (Lipinski definition) is 1. The molecule has 2 heterocycles. The minimum atomic E-state index is -0.329. The number of nitrogens with zero attached hydrogens (tertiary/aromatic N) is 3. The molecule has 3 rings (SSSR count). The van der Waals surface area contributed by atoms with Crippen LogP contribution in [0.5, 0.6) is 11.6 Å². The van der Waals surface area contributed by atoms with Crippen LogP contribution in [0.25, 0.3) is 0 Å². The van der Waals surface area contributed by atoms with E-state index >= 15 is 0 Å². The zero-order valence-electron chi connectivity index (χ0n) is 14.1. The molecule has 2 aromatic rings. The maximum atomic E-state index is 13.0. The van der Waals surface area contributed by atoms with Gasteiger partial charge in [0, 0.05) is 18.3 Å². The molecular formula is C18H21FN4O2. The highest BCUT2D eigenvalue weighted by molar-refractivity contribution is 5.78. The summed E-state index contributed by atoms with van der Waals surface area (Å²) in [7, 11) is 0. The van der Waals surface area contributed by atoms with E-state index in [1.54, 1.807) is 11.0 Å². The minimum absolute atomic E-state index is 0.0265. The SMILES string of the molecule is Cc1cc(Oc2ccc(F)cc2)nc(C2CCCCN2C(=O)CN)n1. The smallest absolute Gasteiger partial charge is 0.236 e. The molecule has 1 fully saturated rings. The average molecular weight is 344 g/mol. The molecule has 0 aliphatic carbocycles. The van der Waals surface area contributed by atoms with Gasteiger partial charge in [-0.25, -0.2) is 9.37 Å². The second-order valence-electron chi connectivity index (χ2n) is 6.06. The number of ether oxygens (including phenoxy) is 1. The van der Waals surface area contributed by atoms with Crippen molar-refractivity contribution in [3.63, 3.8) is 0 Å². The van der Waals surface area contributed by atoms with Crippen LogP contribution in [-0.4, -0.2) is 33.9 Å². The Bertz CT molecular complexity index is 751. The third-order valence-electron chi connectivity index (χ3n) is 4.18. The number of carbonyl (C=O) groups excluding carboxylic acids is 1. The topological polar surface area (TPSA) is 81.3 Å². The molecule has 0 saturated carbocycles. The van der Waals surface area contributed by atoms with Crippen molar-refractivity contribution >= 4 is 5.91 Å². The van der Waals surface area contributed by atoms with Crippen LogP contribution in [-0.2, 0) is 4.79 Å². The number of benzene rings is 1. The Morgan fingerprint density at radius 2 is 2.08 bits per heavy atom. The van der Waals surface area contributed by atoms with Crippen LogP contribution in [0, 0.1) is 12.7 Å². The van der Waals surface area contributed by atoms with Gasteiger partial charge in [-0.15, -0.1) is 0 Å². The highest BCUT2D eigenvalue weighted by Gasteiger charge is 2.29. The Morgan fingerprint density at radius 3 is 2.80 bits per heavy atom. The number of aromatic nitrogens is 2. The van der Waals surface area contributed by atoms with Gasteiger partial charge < -0.3 is 15.4 Å². The highest BCUT2D eigenvalue weighted by atomic mass is 19.1. The maximum absolute atomic E-state index is 13.0. The van der Waals surface area contributed by atoms with Crippen molar-refractivity contribution in [1.29, 1.82) is 0 Å². The first-order chi connectivity index (χ1) is 12.1. The molecule has 1 aliphatic rings. The summed E-state index contributed by atoms with van der Waals surface area (Å²) in [4.78, 5) is 22.8. The molecule has 0 spiro atoms. The molecule has 0 radical (unpaired) electrons. The Labute approximate surface area is 145 Å². The van der Waals surface area contributed by atoms with Gasteiger partial charge in [-0.05, 0) is 50.5 Å². The summed E-state index contributed by atoms with van der Waals surface area (Å²) in [6.07, 6.45) is 2.75. The molecule has 1 atom stereocenters. The predicted octanol–water partition coefficient (Wildman–Crippen LogP) is 2.73. The van der Waals surface area contributed by atoms with Gasteiger partial charge in [0.2, 0.25) is 11.8 Å². The van der Waals surface area contributed by atoms with Crippen molar-refractivity contribution < 1.29 is 13.9 Å². The molecule has 0 bridgehead atoms. The number of halogens is 1. The van der Waals surface area contributed by atoms with Crippen LogP contribution in [0.4, 0.5) is 4.39 Å². The van der Waals surface area contributed by atoms with Gasteiger partial charge >= 0.3 is 0 Å². The molecule has 1 unspecified atom stereocenters. The number of aryl methyl sites for hydroxylation is 1. The van der Waals surface area contributed by atoms with Crippen molar-refractivity contribution in [1.82, 2.24) is 14.9 Å². The van der Waals surface area contributed by atoms with E-state index in [0.29, 0.717) is 24.0 Å². The second kappa shape index (κ2) is 7.57. The largest absolute Gasteiger partial charge is 0.439 e. The van der Waals surface area contributed by atoms with E-state index in [-0.39, 0.29) is 24.3 Å². The Hall–Kier alpha value is -2.54. The lowest BCUT2D eigenvalue weighted by Gasteiger charge is -2.34. The lowest BCUT2D eigenvalue weighted by Crippen LogP contribution is -2.42. The number of carbonyl (C=O) groups is 1. The molecule has 2 N–H and O–H groups in total. The molecule has 1 saturated heterocycles. The lowest BCUT2D eigenvalue weighted by atomic mass is 10.0. The number of likely N-dealkylation sites (tertiary alicyclic amines) is 1. The fourth-order valence-electron chi connectivity index (χ4n) is 3.00. The van der Waals surface area contributed by atoms with E-state index < -0.39 is 0 Å². The first-order valence-corrected chi connectivity index (χ1v) is 8.35. The zero-order chi connectivity index (χ0) is 17.8. The molecular weight excluding hydrogens is 323 g/mol. The summed E-state index contributed by atoms with van der Waals surface area (Å²) in [6, 6.07) is 7.25. The third kappa shape index (κ3) is 4.11. The molecule has 1 aromatic carbocycles. The van der Waals surface area contributed by atoms with Gasteiger partial charge in [0.1, 0.15) is 11.6 Å². The summed E-state index contributed by atoms with van der Waals surface area (Å²) in [5.41, 5.74) is 6.27. The fraction of sp³-hybridized carbons (Fsp3) is 0.389. The molecule has 132 valence electrons. The summed E-state index contributed by atoms with van der Waals surface area (Å²) >= 11 is 0. The van der Waals surface area contributed by atoms with Crippen LogP contribution in [0.15, 0.2) is 30.3 Å². The monoisotopic (exact) mass is 344 g/mol. The van der Waals surface area contributed by atoms with Gasteiger partial charge in [-0.3, -0.25) is 4.79 Å². The van der Waals surface area contributed by atoms with Crippen molar-refractivity contribution in [3.05, 3.63) is 47.7 Å². The number of rotatable bonds is 4. The number of nitrogens with two attached hydrogens (primary N) is 1. The molecule has 7 heteroatoms. The van der Waals surface area contributed by atoms with Crippen molar-refractivity contribution in [2.24, 2.45) is 5.73 Å². The van der Waals surface area contributed by atoms with Crippen LogP contribution >= 0.6 is 0 Å². The quantitative estimate of drug-likeness (QED) is 0.922. The molecule has 6 nitrogen and oxygen atoms in total. The zero-order valence-corrected chi connectivity index (χ0v) is 14.1. The number of amides is 1. The van der Waals surface area contributed by atoms with E-state index in [1.807, 2.05) is 6.92 Å². The standard InChI is InChI=1S/C18H21FN4O2/c1-12-10-16(25-14-7-5-13(19)6-8-14)22-18(21-12)15-4-2-3-9-23(15)17(24)11-20/h5-8,10,15H,2-4,9,11,20H2,1H3. The number of hydrogen-bond acceptors (Lipinski definition) is 5. The van der Waals surface area contributed by atoms with E-state index in [4.69, 9.17) is 10.5 Å². The molecule has 1 amide bonds. The molecule has 1 aliphatic heterocycles. The Kier molecular flexibility index (Phi) is 5.23. The van der Waals surface area contributed by atoms with E-state index in [1.165, 1.54) is 24.3 Å². The normalized spacial score (nSPS) is 17.4. The van der Waals surface area contributed by atoms with Crippen molar-refractivity contribution in [2.75, 3.05) is 13.1 Å². The average Bonchev–Trinajstić information content (AvgIpc) is 2.62. The van der Waals surface area contributed by atoms with Crippen LogP contribution in [0.1, 0.15) is 36.8 Å². The van der Waals surface area contributed by atoms with Gasteiger partial charge in [0.25, 0.3) is 0 Å². The molecule has 1 aromatic heterocycles. The molecule has 25 heavy (non-hydrogen) atoms. The highest BCUT2D eigenvalue weighted by Crippen LogP contribution is 2.30.